The van der Waals surface area contributed by atoms with Crippen LogP contribution in [0.3, 0.4) is 0 Å². The number of ether oxygens (including phenoxy) is 3. The second kappa shape index (κ2) is 11.7. The Labute approximate surface area is 224 Å². The first kappa shape index (κ1) is 30.1. The molecule has 0 radical (unpaired) electrons. The number of fused-ring (bicyclic) bond motifs is 3. The van der Waals surface area contributed by atoms with Crippen molar-refractivity contribution in [2.45, 2.75) is 77.9 Å². The third-order valence-electron chi connectivity index (χ3n) is 5.72. The minimum Gasteiger partial charge on any atom is -0.471 e. The molecule has 3 atom stereocenters. The number of hydrogen-bond donors (Lipinski definition) is 2. The van der Waals surface area contributed by atoms with Gasteiger partial charge in [-0.05, 0) is 58.2 Å². The Hall–Kier alpha value is -3.47. The van der Waals surface area contributed by atoms with Gasteiger partial charge in [0, 0.05) is 16.3 Å². The molecule has 1 aromatic heterocycles. The van der Waals surface area contributed by atoms with Crippen molar-refractivity contribution in [3.8, 4) is 5.75 Å². The lowest BCUT2D eigenvalue weighted by Gasteiger charge is -2.26. The summed E-state index contributed by atoms with van der Waals surface area (Å²) >= 11 is 0. The standard InChI is InChI=1S/C28H35F3N2O6/c1-15(2)11-21(32)25(34)36-14-20(28(29,30)31)19-13-23-18(17-9-7-8-10-22(17)38-23)12-24(19)37-16(3)33-26(35)39-27(4,5)6/h7-10,12-13,15-16,20-21H,11,14,32H2,1-6H3,(H,33,35)/t16-,20+,21?/m0/s1. The lowest BCUT2D eigenvalue weighted by atomic mass is 9.96. The highest BCUT2D eigenvalue weighted by Gasteiger charge is 2.44. The van der Waals surface area contributed by atoms with Crippen LogP contribution >= 0.6 is 0 Å². The Kier molecular flexibility index (Phi) is 9.05. The van der Waals surface area contributed by atoms with Gasteiger partial charge in [0.1, 0.15) is 41.1 Å². The molecule has 1 heterocycles. The van der Waals surface area contributed by atoms with E-state index in [9.17, 15) is 22.8 Å². The smallest absolute Gasteiger partial charge is 0.410 e. The van der Waals surface area contributed by atoms with Gasteiger partial charge in [-0.25, -0.2) is 4.79 Å². The highest BCUT2D eigenvalue weighted by Crippen LogP contribution is 2.43. The normalized spacial score (nSPS) is 14.7. The van der Waals surface area contributed by atoms with Crippen LogP contribution in [0, 0.1) is 5.92 Å². The second-order valence-corrected chi connectivity index (χ2v) is 10.9. The molecule has 0 aliphatic carbocycles. The molecule has 1 amide bonds. The van der Waals surface area contributed by atoms with Crippen LogP contribution in [0.4, 0.5) is 18.0 Å². The summed E-state index contributed by atoms with van der Waals surface area (Å²) in [6.45, 7) is 9.15. The zero-order valence-electron chi connectivity index (χ0n) is 22.8. The first-order valence-electron chi connectivity index (χ1n) is 12.7. The van der Waals surface area contributed by atoms with Crippen LogP contribution in [0.15, 0.2) is 40.8 Å². The van der Waals surface area contributed by atoms with Gasteiger partial charge in [-0.2, -0.15) is 13.2 Å². The topological polar surface area (TPSA) is 113 Å². The third-order valence-corrected chi connectivity index (χ3v) is 5.72. The Balaban J connectivity index is 2.00. The van der Waals surface area contributed by atoms with Crippen molar-refractivity contribution in [2.24, 2.45) is 11.7 Å². The predicted molar refractivity (Wildman–Crippen MR) is 140 cm³/mol. The molecule has 8 nitrogen and oxygen atoms in total. The summed E-state index contributed by atoms with van der Waals surface area (Å²) in [5.74, 6) is -3.29. The number of alkyl carbamates (subject to hydrolysis) is 1. The van der Waals surface area contributed by atoms with Gasteiger partial charge in [0.15, 0.2) is 6.23 Å². The Bertz CT molecular complexity index is 1310. The number of amides is 1. The fourth-order valence-electron chi connectivity index (χ4n) is 4.07. The van der Waals surface area contributed by atoms with E-state index in [0.29, 0.717) is 16.4 Å². The first-order chi connectivity index (χ1) is 18.0. The van der Waals surface area contributed by atoms with Crippen molar-refractivity contribution in [1.82, 2.24) is 5.32 Å². The van der Waals surface area contributed by atoms with Gasteiger partial charge in [0.2, 0.25) is 0 Å². The molecule has 1 unspecified atom stereocenters. The predicted octanol–water partition coefficient (Wildman–Crippen LogP) is 6.40. The fraction of sp³-hybridized carbons (Fsp3) is 0.500. The minimum absolute atomic E-state index is 0.0559. The van der Waals surface area contributed by atoms with Crippen LogP contribution in [0.5, 0.6) is 5.75 Å². The van der Waals surface area contributed by atoms with Crippen molar-refractivity contribution in [3.63, 3.8) is 0 Å². The zero-order valence-corrected chi connectivity index (χ0v) is 22.8. The van der Waals surface area contributed by atoms with E-state index in [-0.39, 0.29) is 29.2 Å². The van der Waals surface area contributed by atoms with Crippen molar-refractivity contribution in [1.29, 1.82) is 0 Å². The van der Waals surface area contributed by atoms with Gasteiger partial charge in [-0.15, -0.1) is 0 Å². The molecule has 3 aromatic rings. The molecule has 0 saturated heterocycles. The first-order valence-corrected chi connectivity index (χ1v) is 12.7. The summed E-state index contributed by atoms with van der Waals surface area (Å²) in [4.78, 5) is 24.6. The molecule has 0 aliphatic heterocycles. The number of nitrogens with two attached hydrogens (primary N) is 1. The number of furan rings is 1. The van der Waals surface area contributed by atoms with Gasteiger partial charge >= 0.3 is 18.2 Å². The number of carbonyl (C=O) groups excluding carboxylic acids is 2. The highest BCUT2D eigenvalue weighted by molar-refractivity contribution is 6.05. The van der Waals surface area contributed by atoms with E-state index in [1.165, 1.54) is 19.1 Å². The van der Waals surface area contributed by atoms with Crippen LogP contribution in [-0.2, 0) is 14.3 Å². The van der Waals surface area contributed by atoms with Crippen LogP contribution in [0.25, 0.3) is 21.9 Å². The van der Waals surface area contributed by atoms with Crippen molar-refractivity contribution in [2.75, 3.05) is 6.61 Å². The number of benzene rings is 2. The number of nitrogens with one attached hydrogen (secondary N) is 1. The molecule has 39 heavy (non-hydrogen) atoms. The quantitative estimate of drug-likeness (QED) is 0.233. The number of carbonyl (C=O) groups is 2. The Morgan fingerprint density at radius 2 is 1.69 bits per heavy atom. The molecule has 0 aliphatic rings. The lowest BCUT2D eigenvalue weighted by molar-refractivity contribution is -0.171. The molecule has 3 rings (SSSR count). The van der Waals surface area contributed by atoms with Crippen molar-refractivity contribution < 1.29 is 41.4 Å². The summed E-state index contributed by atoms with van der Waals surface area (Å²) in [6, 6.07) is 8.59. The van der Waals surface area contributed by atoms with E-state index in [1.54, 1.807) is 45.0 Å². The van der Waals surface area contributed by atoms with Crippen molar-refractivity contribution >= 4 is 34.0 Å². The van der Waals surface area contributed by atoms with Crippen molar-refractivity contribution in [3.05, 3.63) is 42.0 Å². The zero-order chi connectivity index (χ0) is 29.1. The molecule has 11 heteroatoms. The van der Waals surface area contributed by atoms with E-state index in [0.717, 1.165) is 0 Å². The Morgan fingerprint density at radius 1 is 1.03 bits per heavy atom. The molecular formula is C28H35F3N2O6. The van der Waals surface area contributed by atoms with Crippen LogP contribution in [0.2, 0.25) is 0 Å². The van der Waals surface area contributed by atoms with Gasteiger partial charge in [-0.3, -0.25) is 10.1 Å². The molecule has 0 bridgehead atoms. The second-order valence-electron chi connectivity index (χ2n) is 10.9. The summed E-state index contributed by atoms with van der Waals surface area (Å²) < 4.78 is 65.0. The van der Waals surface area contributed by atoms with Gasteiger partial charge in [0.25, 0.3) is 0 Å². The van der Waals surface area contributed by atoms with Crippen LogP contribution < -0.4 is 15.8 Å². The van der Waals surface area contributed by atoms with Crippen LogP contribution in [-0.4, -0.2) is 42.7 Å². The number of para-hydroxylation sites is 1. The molecule has 0 saturated carbocycles. The molecule has 0 fully saturated rings. The summed E-state index contributed by atoms with van der Waals surface area (Å²) in [7, 11) is 0. The van der Waals surface area contributed by atoms with E-state index in [2.05, 4.69) is 5.32 Å². The molecule has 3 N–H and O–H groups in total. The SMILES string of the molecule is CC(C)CC(N)C(=O)OC[C@H](c1cc2oc3ccccc3c2cc1O[C@@H](C)NC(=O)OC(C)(C)C)C(F)(F)F. The maximum absolute atomic E-state index is 14.4. The number of rotatable bonds is 9. The number of halogens is 3. The summed E-state index contributed by atoms with van der Waals surface area (Å²) in [5, 5.41) is 3.65. The summed E-state index contributed by atoms with van der Waals surface area (Å²) in [5.41, 5.74) is 5.37. The van der Waals surface area contributed by atoms with E-state index in [1.807, 2.05) is 13.8 Å². The average molecular weight is 553 g/mol. The summed E-state index contributed by atoms with van der Waals surface area (Å²) in [6.07, 6.45) is -6.41. The number of hydrogen-bond acceptors (Lipinski definition) is 7. The largest absolute Gasteiger partial charge is 0.471 e. The molecule has 0 spiro atoms. The fourth-order valence-corrected chi connectivity index (χ4v) is 4.07. The lowest BCUT2D eigenvalue weighted by Crippen LogP contribution is -2.40. The number of alkyl halides is 3. The molecule has 2 aromatic carbocycles. The van der Waals surface area contributed by atoms with E-state index >= 15 is 0 Å². The van der Waals surface area contributed by atoms with Gasteiger partial charge in [-0.1, -0.05) is 32.0 Å². The average Bonchev–Trinajstić information content (AvgIpc) is 3.13. The van der Waals surface area contributed by atoms with Gasteiger partial charge < -0.3 is 24.4 Å². The molecule has 214 valence electrons. The maximum Gasteiger partial charge on any atom is 0.410 e. The monoisotopic (exact) mass is 552 g/mol. The minimum atomic E-state index is -4.82. The van der Waals surface area contributed by atoms with E-state index < -0.39 is 48.6 Å². The van der Waals surface area contributed by atoms with Gasteiger partial charge in [0.05, 0.1) is 0 Å². The third kappa shape index (κ3) is 8.01. The number of esters is 1. The maximum atomic E-state index is 14.4. The highest BCUT2D eigenvalue weighted by atomic mass is 19.4. The van der Waals surface area contributed by atoms with Crippen LogP contribution in [0.1, 0.15) is 59.4 Å². The van der Waals surface area contributed by atoms with E-state index in [4.69, 9.17) is 24.4 Å². The Morgan fingerprint density at radius 3 is 2.31 bits per heavy atom. The molecular weight excluding hydrogens is 517 g/mol.